The van der Waals surface area contributed by atoms with Gasteiger partial charge in [0.2, 0.25) is 0 Å². The molecule has 116 valence electrons. The largest absolute Gasteiger partial charge is 0.457 e. The second kappa shape index (κ2) is 6.15. The fourth-order valence-corrected chi connectivity index (χ4v) is 1.79. The molecular formula is C17H19NO4. The Bertz CT molecular complexity index is 667. The molecule has 0 aliphatic carbocycles. The van der Waals surface area contributed by atoms with Crippen molar-refractivity contribution in [1.29, 1.82) is 0 Å². The molecule has 0 saturated heterocycles. The lowest BCUT2D eigenvalue weighted by atomic mass is 10.1. The highest BCUT2D eigenvalue weighted by molar-refractivity contribution is 5.89. The molecule has 0 amide bonds. The van der Waals surface area contributed by atoms with Gasteiger partial charge >= 0.3 is 5.97 Å². The summed E-state index contributed by atoms with van der Waals surface area (Å²) in [6, 6.07) is 11.0. The third-order valence-corrected chi connectivity index (χ3v) is 2.86. The van der Waals surface area contributed by atoms with Gasteiger partial charge in [0.05, 0.1) is 5.57 Å². The minimum absolute atomic E-state index is 0.0920. The van der Waals surface area contributed by atoms with E-state index >= 15 is 0 Å². The molecule has 0 saturated carbocycles. The second-order valence-electron chi connectivity index (χ2n) is 5.91. The van der Waals surface area contributed by atoms with E-state index < -0.39 is 17.7 Å². The molecule has 22 heavy (non-hydrogen) atoms. The zero-order valence-corrected chi connectivity index (χ0v) is 12.9. The van der Waals surface area contributed by atoms with Crippen molar-refractivity contribution in [2.75, 3.05) is 0 Å². The smallest absolute Gasteiger partial charge is 0.337 e. The van der Waals surface area contributed by atoms with Gasteiger partial charge in [0.1, 0.15) is 17.4 Å². The molecule has 2 aromatic rings. The zero-order valence-electron chi connectivity index (χ0n) is 12.9. The number of carbonyl (C=O) groups is 1. The van der Waals surface area contributed by atoms with Crippen LogP contribution in [0.1, 0.15) is 32.6 Å². The van der Waals surface area contributed by atoms with Crippen molar-refractivity contribution >= 4 is 5.97 Å². The van der Waals surface area contributed by atoms with E-state index in [9.17, 15) is 9.90 Å². The van der Waals surface area contributed by atoms with Crippen molar-refractivity contribution in [3.05, 3.63) is 54.3 Å². The van der Waals surface area contributed by atoms with E-state index in [1.54, 1.807) is 26.8 Å². The highest BCUT2D eigenvalue weighted by atomic mass is 16.6. The first-order valence-corrected chi connectivity index (χ1v) is 6.90. The summed E-state index contributed by atoms with van der Waals surface area (Å²) >= 11 is 0. The molecule has 1 unspecified atom stereocenters. The van der Waals surface area contributed by atoms with Gasteiger partial charge in [-0.15, -0.1) is 0 Å². The molecule has 0 aliphatic rings. The summed E-state index contributed by atoms with van der Waals surface area (Å²) in [7, 11) is 0. The van der Waals surface area contributed by atoms with Gasteiger partial charge in [0.15, 0.2) is 5.76 Å². The lowest BCUT2D eigenvalue weighted by molar-refractivity contribution is -0.151. The molecule has 0 aliphatic heterocycles. The molecule has 1 heterocycles. The van der Waals surface area contributed by atoms with Crippen LogP contribution in [-0.4, -0.2) is 21.8 Å². The predicted molar refractivity (Wildman–Crippen MR) is 81.9 cm³/mol. The van der Waals surface area contributed by atoms with Gasteiger partial charge in [0.25, 0.3) is 0 Å². The minimum Gasteiger partial charge on any atom is -0.457 e. The number of rotatable bonds is 4. The van der Waals surface area contributed by atoms with Gasteiger partial charge < -0.3 is 14.4 Å². The van der Waals surface area contributed by atoms with Crippen molar-refractivity contribution in [3.63, 3.8) is 0 Å². The molecule has 5 nitrogen and oxygen atoms in total. The standard InChI is InChI=1S/C17H19NO4/c1-11(16(20)21-17(2,3)4)15(19)14-10-13(18-22-14)12-8-6-5-7-9-12/h5-10,15,19H,1H2,2-4H3. The number of aliphatic hydroxyl groups is 1. The first-order chi connectivity index (χ1) is 10.3. The van der Waals surface area contributed by atoms with E-state index in [1.807, 2.05) is 30.3 Å². The Balaban J connectivity index is 2.14. The molecule has 1 aromatic carbocycles. The van der Waals surface area contributed by atoms with Crippen molar-refractivity contribution < 1.29 is 19.2 Å². The van der Waals surface area contributed by atoms with Crippen LogP contribution in [0, 0.1) is 0 Å². The van der Waals surface area contributed by atoms with E-state index in [-0.39, 0.29) is 11.3 Å². The molecule has 1 aromatic heterocycles. The summed E-state index contributed by atoms with van der Waals surface area (Å²) in [4.78, 5) is 11.9. The van der Waals surface area contributed by atoms with E-state index in [0.717, 1.165) is 5.56 Å². The lowest BCUT2D eigenvalue weighted by Gasteiger charge is -2.21. The molecule has 0 radical (unpaired) electrons. The Morgan fingerprint density at radius 1 is 1.32 bits per heavy atom. The number of nitrogens with zero attached hydrogens (tertiary/aromatic N) is 1. The molecule has 1 N–H and O–H groups in total. The van der Waals surface area contributed by atoms with Gasteiger partial charge in [-0.2, -0.15) is 0 Å². The summed E-state index contributed by atoms with van der Waals surface area (Å²) in [6.45, 7) is 8.81. The summed E-state index contributed by atoms with van der Waals surface area (Å²) < 4.78 is 10.3. The number of ether oxygens (including phenoxy) is 1. The van der Waals surface area contributed by atoms with Crippen molar-refractivity contribution in [1.82, 2.24) is 5.16 Å². The van der Waals surface area contributed by atoms with E-state index in [1.165, 1.54) is 0 Å². The average Bonchev–Trinajstić information content (AvgIpc) is 2.94. The quantitative estimate of drug-likeness (QED) is 0.693. The molecule has 0 fully saturated rings. The van der Waals surface area contributed by atoms with Crippen molar-refractivity contribution in [3.8, 4) is 11.3 Å². The average molecular weight is 301 g/mol. The Kier molecular flexibility index (Phi) is 4.47. The van der Waals surface area contributed by atoms with Gasteiger partial charge in [-0.1, -0.05) is 42.1 Å². The first kappa shape index (κ1) is 16.0. The number of aromatic nitrogens is 1. The maximum absolute atomic E-state index is 11.9. The van der Waals surface area contributed by atoms with Crippen LogP contribution in [0.15, 0.2) is 53.1 Å². The Labute approximate surface area is 129 Å². The molecule has 5 heteroatoms. The fourth-order valence-electron chi connectivity index (χ4n) is 1.79. The van der Waals surface area contributed by atoms with Crippen LogP contribution < -0.4 is 0 Å². The number of carbonyl (C=O) groups excluding carboxylic acids is 1. The zero-order chi connectivity index (χ0) is 16.3. The number of hydrogen-bond acceptors (Lipinski definition) is 5. The maximum atomic E-state index is 11.9. The van der Waals surface area contributed by atoms with Gasteiger partial charge in [-0.05, 0) is 20.8 Å². The first-order valence-electron chi connectivity index (χ1n) is 6.90. The Morgan fingerprint density at radius 2 is 1.95 bits per heavy atom. The van der Waals surface area contributed by atoms with E-state index in [4.69, 9.17) is 9.26 Å². The van der Waals surface area contributed by atoms with Crippen LogP contribution in [0.5, 0.6) is 0 Å². The van der Waals surface area contributed by atoms with Gasteiger partial charge in [-0.3, -0.25) is 0 Å². The van der Waals surface area contributed by atoms with Crippen LogP contribution in [0.3, 0.4) is 0 Å². The molecular weight excluding hydrogens is 282 g/mol. The summed E-state index contributed by atoms with van der Waals surface area (Å²) in [5.74, 6) is -0.521. The van der Waals surface area contributed by atoms with Crippen LogP contribution >= 0.6 is 0 Å². The summed E-state index contributed by atoms with van der Waals surface area (Å²) in [6.07, 6.45) is -1.29. The van der Waals surface area contributed by atoms with Crippen molar-refractivity contribution in [2.24, 2.45) is 0 Å². The normalized spacial score (nSPS) is 12.7. The Morgan fingerprint density at radius 3 is 2.55 bits per heavy atom. The number of hydrogen-bond donors (Lipinski definition) is 1. The SMILES string of the molecule is C=C(C(=O)OC(C)(C)C)C(O)c1cc(-c2ccccc2)no1. The highest BCUT2D eigenvalue weighted by Crippen LogP contribution is 2.27. The van der Waals surface area contributed by atoms with Gasteiger partial charge in [0, 0.05) is 11.6 Å². The monoisotopic (exact) mass is 301 g/mol. The molecule has 0 bridgehead atoms. The lowest BCUT2D eigenvalue weighted by Crippen LogP contribution is -2.26. The maximum Gasteiger partial charge on any atom is 0.337 e. The van der Waals surface area contributed by atoms with Crippen LogP contribution in [-0.2, 0) is 9.53 Å². The van der Waals surface area contributed by atoms with Gasteiger partial charge in [-0.25, -0.2) is 4.79 Å². The summed E-state index contributed by atoms with van der Waals surface area (Å²) in [5, 5.41) is 14.1. The van der Waals surface area contributed by atoms with Crippen LogP contribution in [0.25, 0.3) is 11.3 Å². The minimum atomic E-state index is -1.29. The number of benzene rings is 1. The predicted octanol–water partition coefficient (Wildman–Crippen LogP) is 3.27. The fraction of sp³-hybridized carbons (Fsp3) is 0.294. The van der Waals surface area contributed by atoms with Crippen LogP contribution in [0.4, 0.5) is 0 Å². The summed E-state index contributed by atoms with van der Waals surface area (Å²) in [5.41, 5.74) is 0.681. The molecule has 0 spiro atoms. The third-order valence-electron chi connectivity index (χ3n) is 2.86. The topological polar surface area (TPSA) is 72.6 Å². The molecule has 1 atom stereocenters. The molecule has 2 rings (SSSR count). The highest BCUT2D eigenvalue weighted by Gasteiger charge is 2.27. The van der Waals surface area contributed by atoms with Crippen molar-refractivity contribution in [2.45, 2.75) is 32.5 Å². The third kappa shape index (κ3) is 3.83. The van der Waals surface area contributed by atoms with Crippen LogP contribution in [0.2, 0.25) is 0 Å². The van der Waals surface area contributed by atoms with E-state index in [2.05, 4.69) is 11.7 Å². The Hall–Kier alpha value is -2.40. The second-order valence-corrected chi connectivity index (χ2v) is 5.91. The van der Waals surface area contributed by atoms with E-state index in [0.29, 0.717) is 5.69 Å². The number of aliphatic hydroxyl groups excluding tert-OH is 1. The number of esters is 1.